The Balaban J connectivity index is 2.43. The minimum absolute atomic E-state index is 0.0466. The van der Waals surface area contributed by atoms with Crippen LogP contribution in [0.15, 0.2) is 18.2 Å². The maximum Gasteiger partial charge on any atom is 0.235 e. The molecule has 2 atom stereocenters. The first kappa shape index (κ1) is 12.6. The number of amides is 1. The maximum atomic E-state index is 12.0. The van der Waals surface area contributed by atoms with Crippen molar-refractivity contribution in [2.75, 3.05) is 11.4 Å². The van der Waals surface area contributed by atoms with Gasteiger partial charge >= 0.3 is 0 Å². The Morgan fingerprint density at radius 2 is 2.28 bits per heavy atom. The third-order valence-electron chi connectivity index (χ3n) is 3.45. The topological polar surface area (TPSA) is 64.3 Å². The number of nitriles is 1. The molecular formula is C14H16N2O2. The molecule has 4 heteroatoms. The summed E-state index contributed by atoms with van der Waals surface area (Å²) in [6.45, 7) is 3.82. The Hall–Kier alpha value is -1.86. The molecule has 1 N–H and O–H groups in total. The first-order valence-corrected chi connectivity index (χ1v) is 6.10. The van der Waals surface area contributed by atoms with E-state index >= 15 is 0 Å². The van der Waals surface area contributed by atoms with Gasteiger partial charge in [-0.2, -0.15) is 5.26 Å². The highest BCUT2D eigenvalue weighted by atomic mass is 16.3. The van der Waals surface area contributed by atoms with E-state index in [-0.39, 0.29) is 18.4 Å². The Morgan fingerprint density at radius 1 is 1.56 bits per heavy atom. The molecule has 0 saturated heterocycles. The molecule has 2 rings (SSSR count). The molecule has 94 valence electrons. The summed E-state index contributed by atoms with van der Waals surface area (Å²) >= 11 is 0. The van der Waals surface area contributed by atoms with Crippen LogP contribution in [0.4, 0.5) is 5.69 Å². The average Bonchev–Trinajstić information content (AvgIpc) is 2.63. The lowest BCUT2D eigenvalue weighted by Gasteiger charge is -2.14. The number of carbonyl (C=O) groups excluding carboxylic acids is 1. The summed E-state index contributed by atoms with van der Waals surface area (Å²) < 4.78 is 0. The minimum atomic E-state index is -0.498. The molecule has 0 aromatic heterocycles. The second-order valence-electron chi connectivity index (χ2n) is 4.55. The summed E-state index contributed by atoms with van der Waals surface area (Å²) in [5.74, 6) is -0.285. The molecule has 4 nitrogen and oxygen atoms in total. The average molecular weight is 244 g/mol. The van der Waals surface area contributed by atoms with E-state index in [4.69, 9.17) is 5.26 Å². The first-order valence-electron chi connectivity index (χ1n) is 6.10. The lowest BCUT2D eigenvalue weighted by atomic mass is 9.98. The van der Waals surface area contributed by atoms with Crippen LogP contribution >= 0.6 is 0 Å². The SMILES string of the molecule is CCC(O)c1ccc2c(c1)C(C)C(=O)N2CC#N. The first-order chi connectivity index (χ1) is 8.60. The van der Waals surface area contributed by atoms with Gasteiger partial charge < -0.3 is 5.11 Å². The van der Waals surface area contributed by atoms with Gasteiger partial charge in [-0.15, -0.1) is 0 Å². The number of anilines is 1. The van der Waals surface area contributed by atoms with Crippen LogP contribution < -0.4 is 4.90 Å². The summed E-state index contributed by atoms with van der Waals surface area (Å²) in [6, 6.07) is 7.53. The van der Waals surface area contributed by atoms with Crippen LogP contribution in [-0.4, -0.2) is 17.6 Å². The number of fused-ring (bicyclic) bond motifs is 1. The predicted molar refractivity (Wildman–Crippen MR) is 68.1 cm³/mol. The van der Waals surface area contributed by atoms with Crippen LogP contribution in [-0.2, 0) is 4.79 Å². The molecule has 1 aromatic rings. The van der Waals surface area contributed by atoms with Gasteiger partial charge in [-0.25, -0.2) is 0 Å². The molecule has 1 aliphatic rings. The minimum Gasteiger partial charge on any atom is -0.388 e. The van der Waals surface area contributed by atoms with Crippen molar-refractivity contribution in [3.8, 4) is 6.07 Å². The van der Waals surface area contributed by atoms with E-state index in [2.05, 4.69) is 0 Å². The number of aliphatic hydroxyl groups is 1. The van der Waals surface area contributed by atoms with Crippen molar-refractivity contribution in [2.24, 2.45) is 0 Å². The molecule has 0 aliphatic carbocycles. The van der Waals surface area contributed by atoms with Crippen molar-refractivity contribution in [1.82, 2.24) is 0 Å². The number of nitrogens with zero attached hydrogens (tertiary/aromatic N) is 2. The molecule has 1 aliphatic heterocycles. The fraction of sp³-hybridized carbons (Fsp3) is 0.429. The van der Waals surface area contributed by atoms with Gasteiger partial charge in [0.05, 0.1) is 18.1 Å². The van der Waals surface area contributed by atoms with E-state index in [9.17, 15) is 9.90 Å². The van der Waals surface area contributed by atoms with Crippen LogP contribution in [0.5, 0.6) is 0 Å². The molecule has 1 amide bonds. The van der Waals surface area contributed by atoms with E-state index in [1.165, 1.54) is 4.90 Å². The van der Waals surface area contributed by atoms with Crippen molar-refractivity contribution in [1.29, 1.82) is 5.26 Å². The molecule has 0 saturated carbocycles. The van der Waals surface area contributed by atoms with Crippen molar-refractivity contribution >= 4 is 11.6 Å². The van der Waals surface area contributed by atoms with Crippen molar-refractivity contribution in [2.45, 2.75) is 32.3 Å². The molecular weight excluding hydrogens is 228 g/mol. The number of hydrogen-bond donors (Lipinski definition) is 1. The smallest absolute Gasteiger partial charge is 0.235 e. The third kappa shape index (κ3) is 1.87. The molecule has 0 spiro atoms. The zero-order valence-electron chi connectivity index (χ0n) is 10.6. The number of benzene rings is 1. The molecule has 1 aromatic carbocycles. The van der Waals surface area contributed by atoms with Crippen LogP contribution in [0.3, 0.4) is 0 Å². The van der Waals surface area contributed by atoms with Gasteiger partial charge in [0.15, 0.2) is 0 Å². The zero-order chi connectivity index (χ0) is 13.3. The maximum absolute atomic E-state index is 12.0. The van der Waals surface area contributed by atoms with E-state index in [1.54, 1.807) is 0 Å². The van der Waals surface area contributed by atoms with Crippen molar-refractivity contribution < 1.29 is 9.90 Å². The van der Waals surface area contributed by atoms with E-state index in [0.29, 0.717) is 6.42 Å². The second-order valence-corrected chi connectivity index (χ2v) is 4.55. The summed E-state index contributed by atoms with van der Waals surface area (Å²) in [4.78, 5) is 13.5. The molecule has 0 bridgehead atoms. The lowest BCUT2D eigenvalue weighted by molar-refractivity contribution is -0.118. The zero-order valence-corrected chi connectivity index (χ0v) is 10.6. The summed E-state index contributed by atoms with van der Waals surface area (Å²) in [6.07, 6.45) is 0.144. The van der Waals surface area contributed by atoms with Gasteiger partial charge in [0.2, 0.25) is 5.91 Å². The highest BCUT2D eigenvalue weighted by Gasteiger charge is 2.34. The summed E-state index contributed by atoms with van der Waals surface area (Å²) in [5, 5.41) is 18.6. The number of hydrogen-bond acceptors (Lipinski definition) is 3. The van der Waals surface area contributed by atoms with Crippen LogP contribution in [0, 0.1) is 11.3 Å². The highest BCUT2D eigenvalue weighted by molar-refractivity contribution is 6.05. The Kier molecular flexibility index (Phi) is 3.35. The van der Waals surface area contributed by atoms with Gasteiger partial charge in [-0.1, -0.05) is 19.1 Å². The van der Waals surface area contributed by atoms with Gasteiger partial charge in [0, 0.05) is 5.69 Å². The Labute approximate surface area is 106 Å². The quantitative estimate of drug-likeness (QED) is 0.828. The molecule has 0 fully saturated rings. The third-order valence-corrected chi connectivity index (χ3v) is 3.45. The number of aliphatic hydroxyl groups excluding tert-OH is 1. The fourth-order valence-electron chi connectivity index (χ4n) is 2.33. The molecule has 2 unspecified atom stereocenters. The highest BCUT2D eigenvalue weighted by Crippen LogP contribution is 2.38. The predicted octanol–water partition coefficient (Wildman–Crippen LogP) is 2.10. The number of rotatable bonds is 3. The van der Waals surface area contributed by atoms with E-state index in [0.717, 1.165) is 16.8 Å². The monoisotopic (exact) mass is 244 g/mol. The Morgan fingerprint density at radius 3 is 2.89 bits per heavy atom. The van der Waals surface area contributed by atoms with E-state index < -0.39 is 6.10 Å². The van der Waals surface area contributed by atoms with Gasteiger partial charge in [-0.05, 0) is 30.5 Å². The number of carbonyl (C=O) groups is 1. The van der Waals surface area contributed by atoms with Gasteiger partial charge in [0.1, 0.15) is 6.54 Å². The van der Waals surface area contributed by atoms with Crippen molar-refractivity contribution in [3.63, 3.8) is 0 Å². The standard InChI is InChI=1S/C14H16N2O2/c1-3-13(17)10-4-5-12-11(8-10)9(2)14(18)16(12)7-6-15/h4-5,8-9,13,17H,3,7H2,1-2H3. The molecule has 1 heterocycles. The lowest BCUT2D eigenvalue weighted by Crippen LogP contribution is -2.28. The Bertz CT molecular complexity index is 519. The summed E-state index contributed by atoms with van der Waals surface area (Å²) in [5.41, 5.74) is 2.52. The van der Waals surface area contributed by atoms with Gasteiger partial charge in [0.25, 0.3) is 0 Å². The fourth-order valence-corrected chi connectivity index (χ4v) is 2.33. The van der Waals surface area contributed by atoms with Crippen LogP contribution in [0.2, 0.25) is 0 Å². The normalized spacial score (nSPS) is 19.6. The molecule has 0 radical (unpaired) electrons. The van der Waals surface area contributed by atoms with Crippen molar-refractivity contribution in [3.05, 3.63) is 29.3 Å². The molecule has 18 heavy (non-hydrogen) atoms. The van der Waals surface area contributed by atoms with E-state index in [1.807, 2.05) is 38.1 Å². The van der Waals surface area contributed by atoms with Crippen LogP contribution in [0.25, 0.3) is 0 Å². The largest absolute Gasteiger partial charge is 0.388 e. The second kappa shape index (κ2) is 4.79. The van der Waals surface area contributed by atoms with Gasteiger partial charge in [-0.3, -0.25) is 9.69 Å². The summed E-state index contributed by atoms with van der Waals surface area (Å²) in [7, 11) is 0. The van der Waals surface area contributed by atoms with Crippen LogP contribution in [0.1, 0.15) is 43.4 Å².